The molecule has 2 aromatic carbocycles. The average molecular weight is 431 g/mol. The minimum atomic E-state index is -0.355. The second-order valence-electron chi connectivity index (χ2n) is 5.83. The number of thioether (sulfide) groups is 1. The van der Waals surface area contributed by atoms with Crippen LogP contribution in [0.3, 0.4) is 0 Å². The summed E-state index contributed by atoms with van der Waals surface area (Å²) in [6.07, 6.45) is 1.51. The van der Waals surface area contributed by atoms with E-state index in [2.05, 4.69) is 19.0 Å². The molecule has 2 heterocycles. The zero-order chi connectivity index (χ0) is 19.5. The first kappa shape index (κ1) is 18.8. The Morgan fingerprint density at radius 3 is 2.57 bits per heavy atom. The number of fused-ring (bicyclic) bond motifs is 1. The Labute approximate surface area is 173 Å². The van der Waals surface area contributed by atoms with Gasteiger partial charge in [-0.3, -0.25) is 4.79 Å². The topological polar surface area (TPSA) is 67.8 Å². The van der Waals surface area contributed by atoms with E-state index in [-0.39, 0.29) is 11.7 Å². The summed E-state index contributed by atoms with van der Waals surface area (Å²) in [6, 6.07) is 12.8. The van der Waals surface area contributed by atoms with Crippen LogP contribution in [0.1, 0.15) is 15.9 Å². The number of carbonyl (C=O) groups excluding carboxylic acids is 1. The van der Waals surface area contributed by atoms with Crippen LogP contribution in [0.5, 0.6) is 0 Å². The average Bonchev–Trinajstić information content (AvgIpc) is 3.15. The summed E-state index contributed by atoms with van der Waals surface area (Å²) in [5.41, 5.74) is 3.50. The molecule has 1 amide bonds. The highest BCUT2D eigenvalue weighted by atomic mass is 35.5. The molecule has 0 atom stereocenters. The molecule has 0 aliphatic carbocycles. The summed E-state index contributed by atoms with van der Waals surface area (Å²) in [5.74, 6) is -0.0352. The van der Waals surface area contributed by atoms with Crippen molar-refractivity contribution in [3.8, 4) is 0 Å². The molecule has 2 aromatic heterocycles. The Bertz CT molecular complexity index is 1130. The lowest BCUT2D eigenvalue weighted by atomic mass is 10.2. The van der Waals surface area contributed by atoms with Gasteiger partial charge in [-0.25, -0.2) is 9.37 Å². The Balaban J connectivity index is 1.40. The highest BCUT2D eigenvalue weighted by Crippen LogP contribution is 2.29. The third-order valence-corrected chi connectivity index (χ3v) is 5.80. The van der Waals surface area contributed by atoms with Crippen molar-refractivity contribution in [1.82, 2.24) is 13.7 Å². The summed E-state index contributed by atoms with van der Waals surface area (Å²) in [6.45, 7) is 0. The van der Waals surface area contributed by atoms with Gasteiger partial charge < -0.3 is 5.32 Å². The molecule has 140 valence electrons. The fraction of sp³-hybridized carbons (Fsp3) is 0.0526. The van der Waals surface area contributed by atoms with Crippen molar-refractivity contribution in [3.05, 3.63) is 76.7 Å². The standard InChI is InChI=1S/C19H12ClFN4OS2/c20-15-8-17-16(24-28-25-17)7-12(15)10-27-18-6-1-11(9-22-18)19(26)23-14-4-2-13(21)3-5-14/h1-9H,10H2,(H,23,26). The van der Waals surface area contributed by atoms with Crippen LogP contribution in [-0.4, -0.2) is 19.6 Å². The van der Waals surface area contributed by atoms with Gasteiger partial charge in [0.05, 0.1) is 22.3 Å². The molecule has 0 radical (unpaired) electrons. The van der Waals surface area contributed by atoms with E-state index in [1.807, 2.05) is 12.1 Å². The quantitative estimate of drug-likeness (QED) is 0.428. The van der Waals surface area contributed by atoms with Crippen molar-refractivity contribution in [1.29, 1.82) is 0 Å². The zero-order valence-corrected chi connectivity index (χ0v) is 16.6. The summed E-state index contributed by atoms with van der Waals surface area (Å²) in [5, 5.41) is 4.11. The van der Waals surface area contributed by atoms with Crippen molar-refractivity contribution in [2.24, 2.45) is 0 Å². The lowest BCUT2D eigenvalue weighted by Crippen LogP contribution is -2.12. The van der Waals surface area contributed by atoms with Crippen LogP contribution in [-0.2, 0) is 5.75 Å². The van der Waals surface area contributed by atoms with Crippen LogP contribution in [0.15, 0.2) is 59.8 Å². The first-order valence-corrected chi connectivity index (χ1v) is 10.2. The molecule has 1 N–H and O–H groups in total. The largest absolute Gasteiger partial charge is 0.322 e. The fourth-order valence-electron chi connectivity index (χ4n) is 2.45. The Morgan fingerprint density at radius 1 is 1.11 bits per heavy atom. The molecule has 0 spiro atoms. The number of benzene rings is 2. The van der Waals surface area contributed by atoms with E-state index < -0.39 is 0 Å². The number of aromatic nitrogens is 3. The summed E-state index contributed by atoms with van der Waals surface area (Å²) < 4.78 is 21.3. The van der Waals surface area contributed by atoms with Gasteiger partial charge in [0.25, 0.3) is 5.91 Å². The summed E-state index contributed by atoms with van der Waals surface area (Å²) in [7, 11) is 0. The van der Waals surface area contributed by atoms with Gasteiger partial charge in [-0.15, -0.1) is 11.8 Å². The smallest absolute Gasteiger partial charge is 0.257 e. The molecule has 0 fully saturated rings. The normalized spacial score (nSPS) is 10.9. The predicted octanol–water partition coefficient (Wildman–Crippen LogP) is 5.42. The van der Waals surface area contributed by atoms with Gasteiger partial charge in [-0.05, 0) is 54.1 Å². The molecule has 28 heavy (non-hydrogen) atoms. The second kappa shape index (κ2) is 8.22. The van der Waals surface area contributed by atoms with Gasteiger partial charge in [-0.1, -0.05) is 11.6 Å². The monoisotopic (exact) mass is 430 g/mol. The highest BCUT2D eigenvalue weighted by molar-refractivity contribution is 7.98. The Kier molecular flexibility index (Phi) is 5.52. The van der Waals surface area contributed by atoms with Crippen LogP contribution in [0.25, 0.3) is 11.0 Å². The molecule has 0 saturated carbocycles. The minimum Gasteiger partial charge on any atom is -0.322 e. The van der Waals surface area contributed by atoms with E-state index >= 15 is 0 Å². The second-order valence-corrected chi connectivity index (χ2v) is 7.76. The highest BCUT2D eigenvalue weighted by Gasteiger charge is 2.10. The first-order chi connectivity index (χ1) is 13.6. The van der Waals surface area contributed by atoms with Crippen molar-refractivity contribution >= 4 is 57.7 Å². The molecule has 0 saturated heterocycles. The number of anilines is 1. The summed E-state index contributed by atoms with van der Waals surface area (Å²) >= 11 is 8.97. The number of amides is 1. The molecule has 0 unspecified atom stereocenters. The molecule has 0 bridgehead atoms. The maximum Gasteiger partial charge on any atom is 0.257 e. The van der Waals surface area contributed by atoms with Crippen LogP contribution >= 0.6 is 35.1 Å². The third kappa shape index (κ3) is 4.30. The Hall–Kier alpha value is -2.55. The number of hydrogen-bond acceptors (Lipinski definition) is 6. The number of nitrogens with one attached hydrogen (secondary N) is 1. The summed E-state index contributed by atoms with van der Waals surface area (Å²) in [4.78, 5) is 16.6. The lowest BCUT2D eigenvalue weighted by molar-refractivity contribution is 0.102. The van der Waals surface area contributed by atoms with E-state index in [1.165, 1.54) is 42.2 Å². The predicted molar refractivity (Wildman–Crippen MR) is 111 cm³/mol. The van der Waals surface area contributed by atoms with Crippen molar-refractivity contribution in [2.45, 2.75) is 10.8 Å². The number of carbonyl (C=O) groups is 1. The van der Waals surface area contributed by atoms with E-state index in [4.69, 9.17) is 11.6 Å². The number of hydrogen-bond donors (Lipinski definition) is 1. The van der Waals surface area contributed by atoms with Crippen molar-refractivity contribution in [2.75, 3.05) is 5.32 Å². The van der Waals surface area contributed by atoms with E-state index in [0.29, 0.717) is 22.0 Å². The fourth-order valence-corrected chi connectivity index (χ4v) is 4.09. The number of nitrogens with zero attached hydrogens (tertiary/aromatic N) is 3. The molecule has 9 heteroatoms. The molecular formula is C19H12ClFN4OS2. The lowest BCUT2D eigenvalue weighted by Gasteiger charge is -2.07. The minimum absolute atomic E-state index is 0.305. The van der Waals surface area contributed by atoms with Gasteiger partial charge in [0.15, 0.2) is 0 Å². The number of pyridine rings is 1. The maximum absolute atomic E-state index is 12.9. The SMILES string of the molecule is O=C(Nc1ccc(F)cc1)c1ccc(SCc2cc3nsnc3cc2Cl)nc1. The maximum atomic E-state index is 12.9. The van der Waals surface area contributed by atoms with Gasteiger partial charge in [0, 0.05) is 22.7 Å². The van der Waals surface area contributed by atoms with Gasteiger partial charge in [-0.2, -0.15) is 8.75 Å². The van der Waals surface area contributed by atoms with E-state index in [9.17, 15) is 9.18 Å². The van der Waals surface area contributed by atoms with Crippen molar-refractivity contribution < 1.29 is 9.18 Å². The van der Waals surface area contributed by atoms with Crippen LogP contribution < -0.4 is 5.32 Å². The van der Waals surface area contributed by atoms with Gasteiger partial charge in [0.1, 0.15) is 16.9 Å². The molecule has 0 aliphatic heterocycles. The molecule has 4 rings (SSSR count). The van der Waals surface area contributed by atoms with Crippen LogP contribution in [0, 0.1) is 5.82 Å². The van der Waals surface area contributed by atoms with E-state index in [0.717, 1.165) is 33.4 Å². The third-order valence-electron chi connectivity index (χ3n) is 3.90. The molecule has 0 aliphatic rings. The van der Waals surface area contributed by atoms with Crippen molar-refractivity contribution in [3.63, 3.8) is 0 Å². The molecular weight excluding hydrogens is 419 g/mol. The molecule has 5 nitrogen and oxygen atoms in total. The van der Waals surface area contributed by atoms with E-state index in [1.54, 1.807) is 12.1 Å². The van der Waals surface area contributed by atoms with Gasteiger partial charge in [0.2, 0.25) is 0 Å². The number of rotatable bonds is 5. The number of halogens is 2. The zero-order valence-electron chi connectivity index (χ0n) is 14.2. The van der Waals surface area contributed by atoms with Gasteiger partial charge >= 0.3 is 0 Å². The first-order valence-electron chi connectivity index (χ1n) is 8.15. The van der Waals surface area contributed by atoms with Crippen LogP contribution in [0.4, 0.5) is 10.1 Å². The Morgan fingerprint density at radius 2 is 1.86 bits per heavy atom. The van der Waals surface area contributed by atoms with Crippen LogP contribution in [0.2, 0.25) is 5.02 Å². The molecule has 4 aromatic rings.